The first-order valence-electron chi connectivity index (χ1n) is 6.07. The van der Waals surface area contributed by atoms with E-state index in [4.69, 9.17) is 10.5 Å². The first-order chi connectivity index (χ1) is 8.63. The Morgan fingerprint density at radius 2 is 2.11 bits per heavy atom. The largest absolute Gasteiger partial charge is 0.461 e. The number of hydrogen-bond donors (Lipinski definition) is 1. The molecule has 7 nitrogen and oxygen atoms in total. The van der Waals surface area contributed by atoms with Crippen molar-refractivity contribution in [3.63, 3.8) is 0 Å². The zero-order valence-electron chi connectivity index (χ0n) is 10.8. The summed E-state index contributed by atoms with van der Waals surface area (Å²) in [5, 5.41) is 2.07. The molecule has 1 fully saturated rings. The van der Waals surface area contributed by atoms with E-state index in [2.05, 4.69) is 21.9 Å². The molecule has 0 unspecified atom stereocenters. The highest BCUT2D eigenvalue weighted by Gasteiger charge is 2.21. The molecule has 0 spiro atoms. The van der Waals surface area contributed by atoms with Crippen molar-refractivity contribution < 1.29 is 9.53 Å². The van der Waals surface area contributed by atoms with Crippen LogP contribution in [0.2, 0.25) is 0 Å². The van der Waals surface area contributed by atoms with Gasteiger partial charge < -0.3 is 20.4 Å². The lowest BCUT2D eigenvalue weighted by atomic mass is 10.4. The van der Waals surface area contributed by atoms with Crippen LogP contribution in [0.4, 0.5) is 5.82 Å². The van der Waals surface area contributed by atoms with E-state index >= 15 is 0 Å². The van der Waals surface area contributed by atoms with E-state index in [9.17, 15) is 4.79 Å². The normalized spacial score (nSPS) is 16.9. The number of imidazole rings is 1. The van der Waals surface area contributed by atoms with Crippen LogP contribution in [-0.2, 0) is 4.74 Å². The number of rotatable bonds is 3. The monoisotopic (exact) mass is 253 g/mol. The van der Waals surface area contributed by atoms with E-state index in [0.717, 1.165) is 26.2 Å². The Bertz CT molecular complexity index is 423. The number of carbonyl (C=O) groups excluding carboxylic acids is 1. The molecule has 2 N–H and O–H groups in total. The molecule has 1 aliphatic heterocycles. The van der Waals surface area contributed by atoms with Crippen LogP contribution in [0, 0.1) is 0 Å². The van der Waals surface area contributed by atoms with Gasteiger partial charge in [-0.25, -0.2) is 14.5 Å². The highest BCUT2D eigenvalue weighted by atomic mass is 16.5. The summed E-state index contributed by atoms with van der Waals surface area (Å²) in [6.45, 7) is 5.72. The molecule has 0 aromatic carbocycles. The first-order valence-corrected chi connectivity index (χ1v) is 6.07. The third-order valence-electron chi connectivity index (χ3n) is 3.04. The van der Waals surface area contributed by atoms with E-state index in [1.165, 1.54) is 0 Å². The number of aromatic nitrogens is 2. The maximum Gasteiger partial charge on any atom is 0.360 e. The molecule has 7 heteroatoms. The lowest BCUT2D eigenvalue weighted by molar-refractivity contribution is 0.0521. The van der Waals surface area contributed by atoms with Gasteiger partial charge in [-0.2, -0.15) is 0 Å². The van der Waals surface area contributed by atoms with Gasteiger partial charge in [-0.3, -0.25) is 0 Å². The maximum atomic E-state index is 11.6. The van der Waals surface area contributed by atoms with Crippen molar-refractivity contribution in [1.82, 2.24) is 14.6 Å². The molecule has 100 valence electrons. The van der Waals surface area contributed by atoms with Crippen LogP contribution in [0.25, 0.3) is 0 Å². The van der Waals surface area contributed by atoms with Gasteiger partial charge in [0.05, 0.1) is 6.61 Å². The fourth-order valence-corrected chi connectivity index (χ4v) is 1.94. The fraction of sp³-hybridized carbons (Fsp3) is 0.636. The number of hydrogen-bond acceptors (Lipinski definition) is 6. The second-order valence-corrected chi connectivity index (χ2v) is 4.30. The molecular weight excluding hydrogens is 234 g/mol. The second kappa shape index (κ2) is 5.26. The molecule has 18 heavy (non-hydrogen) atoms. The summed E-state index contributed by atoms with van der Waals surface area (Å²) in [6, 6.07) is 0. The van der Waals surface area contributed by atoms with E-state index in [1.807, 2.05) is 0 Å². The summed E-state index contributed by atoms with van der Waals surface area (Å²) in [5.41, 5.74) is 6.13. The number of esters is 1. The number of nitrogen functional groups attached to an aromatic ring is 1. The van der Waals surface area contributed by atoms with E-state index in [0.29, 0.717) is 12.4 Å². The van der Waals surface area contributed by atoms with Crippen molar-refractivity contribution >= 4 is 11.8 Å². The Kier molecular flexibility index (Phi) is 3.71. The molecule has 0 atom stereocenters. The molecule has 2 rings (SSSR count). The van der Waals surface area contributed by atoms with Gasteiger partial charge in [0.25, 0.3) is 0 Å². The molecule has 0 saturated carbocycles. The number of carbonyl (C=O) groups is 1. The Balaban J connectivity index is 2.13. The number of piperazine rings is 1. The van der Waals surface area contributed by atoms with Gasteiger partial charge >= 0.3 is 5.97 Å². The van der Waals surface area contributed by atoms with Gasteiger partial charge in [-0.1, -0.05) is 0 Å². The minimum absolute atomic E-state index is 0.191. The number of nitrogens with zero attached hydrogens (tertiary/aromatic N) is 4. The smallest absolute Gasteiger partial charge is 0.360 e. The van der Waals surface area contributed by atoms with Crippen molar-refractivity contribution in [3.8, 4) is 0 Å². The molecule has 1 saturated heterocycles. The average Bonchev–Trinajstić information content (AvgIpc) is 2.73. The Labute approximate surface area is 106 Å². The minimum Gasteiger partial charge on any atom is -0.461 e. The predicted molar refractivity (Wildman–Crippen MR) is 68.0 cm³/mol. The molecule has 2 heterocycles. The van der Waals surface area contributed by atoms with Crippen LogP contribution < -0.4 is 10.7 Å². The third-order valence-corrected chi connectivity index (χ3v) is 3.04. The first kappa shape index (κ1) is 12.7. The highest BCUT2D eigenvalue weighted by molar-refractivity contribution is 5.92. The Morgan fingerprint density at radius 1 is 1.44 bits per heavy atom. The Morgan fingerprint density at radius 3 is 2.72 bits per heavy atom. The van der Waals surface area contributed by atoms with Crippen LogP contribution in [0.3, 0.4) is 0 Å². The maximum absolute atomic E-state index is 11.6. The molecular formula is C11H19N5O2. The van der Waals surface area contributed by atoms with Crippen LogP contribution >= 0.6 is 0 Å². The van der Waals surface area contributed by atoms with E-state index in [1.54, 1.807) is 17.9 Å². The highest BCUT2D eigenvalue weighted by Crippen LogP contribution is 2.13. The van der Waals surface area contributed by atoms with Gasteiger partial charge in [0.2, 0.25) is 0 Å². The predicted octanol–water partition coefficient (Wildman–Crippen LogP) is -0.475. The molecule has 1 aromatic heterocycles. The summed E-state index contributed by atoms with van der Waals surface area (Å²) in [6.07, 6.45) is 1.58. The van der Waals surface area contributed by atoms with Crippen molar-refractivity contribution in [3.05, 3.63) is 12.0 Å². The summed E-state index contributed by atoms with van der Waals surface area (Å²) >= 11 is 0. The minimum atomic E-state index is -0.470. The van der Waals surface area contributed by atoms with E-state index < -0.39 is 5.97 Å². The van der Waals surface area contributed by atoms with Crippen molar-refractivity contribution in [2.75, 3.05) is 50.6 Å². The van der Waals surface area contributed by atoms with Crippen molar-refractivity contribution in [2.24, 2.45) is 0 Å². The van der Waals surface area contributed by atoms with Gasteiger partial charge in [0.1, 0.15) is 6.33 Å². The standard InChI is InChI=1S/C11H19N5O2/c1-3-18-11(17)9-10(12)16(8-13-9)15-6-4-14(2)5-7-15/h8H,3-7,12H2,1-2H3. The number of anilines is 1. The lowest BCUT2D eigenvalue weighted by Crippen LogP contribution is -2.49. The zero-order chi connectivity index (χ0) is 13.1. The van der Waals surface area contributed by atoms with Gasteiger partial charge in [-0.15, -0.1) is 0 Å². The van der Waals surface area contributed by atoms with Crippen LogP contribution in [0.5, 0.6) is 0 Å². The summed E-state index contributed by atoms with van der Waals surface area (Å²) in [5.74, 6) is -0.124. The van der Waals surface area contributed by atoms with Crippen molar-refractivity contribution in [2.45, 2.75) is 6.92 Å². The fourth-order valence-electron chi connectivity index (χ4n) is 1.94. The number of nitrogens with two attached hydrogens (primary N) is 1. The molecule has 1 aliphatic rings. The summed E-state index contributed by atoms with van der Waals surface area (Å²) in [4.78, 5) is 17.9. The molecule has 0 radical (unpaired) electrons. The molecule has 0 amide bonds. The zero-order valence-corrected chi connectivity index (χ0v) is 10.8. The van der Waals surface area contributed by atoms with Gasteiger partial charge in [-0.05, 0) is 14.0 Å². The molecule has 0 bridgehead atoms. The van der Waals surface area contributed by atoms with Crippen LogP contribution in [-0.4, -0.2) is 60.4 Å². The average molecular weight is 253 g/mol. The van der Waals surface area contributed by atoms with Crippen LogP contribution in [0.1, 0.15) is 17.4 Å². The quantitative estimate of drug-likeness (QED) is 0.734. The topological polar surface area (TPSA) is 76.6 Å². The van der Waals surface area contributed by atoms with Gasteiger partial charge in [0, 0.05) is 26.2 Å². The molecule has 1 aromatic rings. The summed E-state index contributed by atoms with van der Waals surface area (Å²) < 4.78 is 6.64. The number of likely N-dealkylation sites (N-methyl/N-ethyl adjacent to an activating group) is 1. The second-order valence-electron chi connectivity index (χ2n) is 4.30. The lowest BCUT2D eigenvalue weighted by Gasteiger charge is -2.34. The van der Waals surface area contributed by atoms with Crippen LogP contribution in [0.15, 0.2) is 6.33 Å². The SMILES string of the molecule is CCOC(=O)c1ncn(N2CCN(C)CC2)c1N. The number of ether oxygens (including phenoxy) is 1. The van der Waals surface area contributed by atoms with Gasteiger partial charge in [0.15, 0.2) is 11.5 Å². The Hall–Kier alpha value is -1.76. The molecule has 0 aliphatic carbocycles. The summed E-state index contributed by atoms with van der Waals surface area (Å²) in [7, 11) is 2.08. The van der Waals surface area contributed by atoms with E-state index in [-0.39, 0.29) is 5.69 Å². The van der Waals surface area contributed by atoms with Crippen molar-refractivity contribution in [1.29, 1.82) is 0 Å². The third kappa shape index (κ3) is 2.40.